The normalized spacial score (nSPS) is 11.9. The van der Waals surface area contributed by atoms with E-state index in [0.29, 0.717) is 13.1 Å². The molecule has 0 bridgehead atoms. The summed E-state index contributed by atoms with van der Waals surface area (Å²) in [5.41, 5.74) is 0.913. The number of rotatable bonds is 8. The molecule has 0 radical (unpaired) electrons. The first-order valence-electron chi connectivity index (χ1n) is 8.19. The minimum atomic E-state index is -0.230. The summed E-state index contributed by atoms with van der Waals surface area (Å²) in [5, 5.41) is 6.55. The minimum absolute atomic E-state index is 0. The summed E-state index contributed by atoms with van der Waals surface area (Å²) in [5.74, 6) is 1.68. The largest absolute Gasteiger partial charge is 0.491 e. The highest BCUT2D eigenvalue weighted by atomic mass is 127. The van der Waals surface area contributed by atoms with Crippen molar-refractivity contribution in [3.63, 3.8) is 0 Å². The van der Waals surface area contributed by atoms with Crippen molar-refractivity contribution >= 4 is 29.9 Å². The molecule has 0 atom stereocenters. The maximum absolute atomic E-state index is 5.65. The number of nitrogens with zero attached hydrogens (tertiary/aromatic N) is 1. The first-order valence-corrected chi connectivity index (χ1v) is 8.19. The van der Waals surface area contributed by atoms with E-state index in [1.807, 2.05) is 52.0 Å². The minimum Gasteiger partial charge on any atom is -0.491 e. The molecule has 1 rings (SSSR count). The molecule has 0 unspecified atom stereocenters. The molecule has 6 heteroatoms. The number of halogens is 1. The van der Waals surface area contributed by atoms with Crippen molar-refractivity contribution in [1.29, 1.82) is 0 Å². The third kappa shape index (κ3) is 9.32. The molecule has 0 saturated heterocycles. The Morgan fingerprint density at radius 3 is 2.29 bits per heavy atom. The summed E-state index contributed by atoms with van der Waals surface area (Å²) in [6.45, 7) is 12.3. The van der Waals surface area contributed by atoms with Gasteiger partial charge in [0.25, 0.3) is 0 Å². The van der Waals surface area contributed by atoms with Crippen LogP contribution in [0.25, 0.3) is 0 Å². The van der Waals surface area contributed by atoms with Crippen LogP contribution in [0.1, 0.15) is 40.2 Å². The zero-order chi connectivity index (χ0) is 17.3. The van der Waals surface area contributed by atoms with Gasteiger partial charge in [0.2, 0.25) is 0 Å². The van der Waals surface area contributed by atoms with E-state index < -0.39 is 0 Å². The smallest absolute Gasteiger partial charge is 0.191 e. The lowest BCUT2D eigenvalue weighted by atomic mass is 10.1. The van der Waals surface area contributed by atoms with Gasteiger partial charge in [0.1, 0.15) is 5.75 Å². The van der Waals surface area contributed by atoms with Crippen molar-refractivity contribution in [2.75, 3.05) is 20.2 Å². The number of hydrogen-bond acceptors (Lipinski definition) is 3. The lowest BCUT2D eigenvalue weighted by molar-refractivity contribution is 0.0268. The molecule has 0 aliphatic carbocycles. The Morgan fingerprint density at radius 1 is 1.17 bits per heavy atom. The Labute approximate surface area is 163 Å². The predicted octanol–water partition coefficient (Wildman–Crippen LogP) is 3.57. The van der Waals surface area contributed by atoms with E-state index in [0.717, 1.165) is 23.8 Å². The molecule has 1 aromatic carbocycles. The SMILES string of the molecule is CCNC(=NCc1ccc(OC(C)C)cc1)NCC(C)(C)OC.I. The summed E-state index contributed by atoms with van der Waals surface area (Å²) >= 11 is 0. The summed E-state index contributed by atoms with van der Waals surface area (Å²) in [6.07, 6.45) is 0.188. The molecular formula is C18H32IN3O2. The van der Waals surface area contributed by atoms with E-state index >= 15 is 0 Å². The molecule has 0 fully saturated rings. The van der Waals surface area contributed by atoms with Gasteiger partial charge in [-0.1, -0.05) is 12.1 Å². The van der Waals surface area contributed by atoms with Crippen LogP contribution in [0.5, 0.6) is 5.75 Å². The number of hydrogen-bond donors (Lipinski definition) is 2. The summed E-state index contributed by atoms with van der Waals surface area (Å²) in [7, 11) is 1.71. The average Bonchev–Trinajstić information content (AvgIpc) is 2.51. The van der Waals surface area contributed by atoms with Gasteiger partial charge in [0.05, 0.1) is 18.2 Å². The van der Waals surface area contributed by atoms with E-state index in [9.17, 15) is 0 Å². The Balaban J connectivity index is 0.00000529. The lowest BCUT2D eigenvalue weighted by Gasteiger charge is -2.24. The van der Waals surface area contributed by atoms with Gasteiger partial charge in [-0.2, -0.15) is 0 Å². The van der Waals surface area contributed by atoms with Crippen LogP contribution in [0.3, 0.4) is 0 Å². The number of ether oxygens (including phenoxy) is 2. The van der Waals surface area contributed by atoms with Crippen molar-refractivity contribution < 1.29 is 9.47 Å². The van der Waals surface area contributed by atoms with Gasteiger partial charge in [-0.15, -0.1) is 24.0 Å². The summed E-state index contributed by atoms with van der Waals surface area (Å²) in [6, 6.07) is 8.06. The van der Waals surface area contributed by atoms with Crippen LogP contribution in [0.4, 0.5) is 0 Å². The van der Waals surface area contributed by atoms with Crippen LogP contribution in [-0.2, 0) is 11.3 Å². The highest BCUT2D eigenvalue weighted by Crippen LogP contribution is 2.14. The molecule has 0 amide bonds. The van der Waals surface area contributed by atoms with Crippen LogP contribution >= 0.6 is 24.0 Å². The van der Waals surface area contributed by atoms with Crippen LogP contribution < -0.4 is 15.4 Å². The Morgan fingerprint density at radius 2 is 1.79 bits per heavy atom. The van der Waals surface area contributed by atoms with Gasteiger partial charge >= 0.3 is 0 Å². The molecule has 24 heavy (non-hydrogen) atoms. The Hall–Kier alpha value is -1.02. The molecule has 0 aliphatic heterocycles. The van der Waals surface area contributed by atoms with Crippen LogP contribution in [-0.4, -0.2) is 37.9 Å². The molecule has 138 valence electrons. The number of guanidine groups is 1. The molecule has 0 aromatic heterocycles. The summed E-state index contributed by atoms with van der Waals surface area (Å²) in [4.78, 5) is 4.61. The molecule has 0 heterocycles. The zero-order valence-electron chi connectivity index (χ0n) is 15.7. The average molecular weight is 449 g/mol. The molecule has 0 spiro atoms. The second-order valence-corrected chi connectivity index (χ2v) is 6.32. The predicted molar refractivity (Wildman–Crippen MR) is 112 cm³/mol. The first kappa shape index (κ1) is 23.0. The van der Waals surface area contributed by atoms with Crippen LogP contribution in [0.2, 0.25) is 0 Å². The van der Waals surface area contributed by atoms with Crippen molar-refractivity contribution in [2.45, 2.75) is 52.9 Å². The maximum atomic E-state index is 5.65. The van der Waals surface area contributed by atoms with Gasteiger partial charge in [0, 0.05) is 20.2 Å². The summed E-state index contributed by atoms with van der Waals surface area (Å²) < 4.78 is 11.1. The molecule has 0 saturated carbocycles. The van der Waals surface area contributed by atoms with E-state index in [-0.39, 0.29) is 35.7 Å². The number of nitrogens with one attached hydrogen (secondary N) is 2. The fraction of sp³-hybridized carbons (Fsp3) is 0.611. The molecule has 0 aliphatic rings. The third-order valence-electron chi connectivity index (χ3n) is 3.29. The van der Waals surface area contributed by atoms with Crippen molar-refractivity contribution in [3.05, 3.63) is 29.8 Å². The second-order valence-electron chi connectivity index (χ2n) is 6.32. The number of benzene rings is 1. The Bertz CT molecular complexity index is 488. The maximum Gasteiger partial charge on any atom is 0.191 e. The van der Waals surface area contributed by atoms with Gasteiger partial charge in [-0.05, 0) is 52.3 Å². The van der Waals surface area contributed by atoms with Crippen LogP contribution in [0, 0.1) is 0 Å². The van der Waals surface area contributed by atoms with E-state index in [1.54, 1.807) is 7.11 Å². The van der Waals surface area contributed by atoms with Crippen LogP contribution in [0.15, 0.2) is 29.3 Å². The Kier molecular flexibility index (Phi) is 11.0. The quantitative estimate of drug-likeness (QED) is 0.362. The second kappa shape index (κ2) is 11.5. The van der Waals surface area contributed by atoms with Crippen molar-refractivity contribution in [3.8, 4) is 5.75 Å². The van der Waals surface area contributed by atoms with Gasteiger partial charge < -0.3 is 20.1 Å². The van der Waals surface area contributed by atoms with Gasteiger partial charge in [-0.3, -0.25) is 0 Å². The molecular weight excluding hydrogens is 417 g/mol. The van der Waals surface area contributed by atoms with E-state index in [1.165, 1.54) is 0 Å². The molecule has 1 aromatic rings. The molecule has 2 N–H and O–H groups in total. The van der Waals surface area contributed by atoms with Gasteiger partial charge in [-0.25, -0.2) is 4.99 Å². The fourth-order valence-corrected chi connectivity index (χ4v) is 1.83. The standard InChI is InChI=1S/C18H31N3O2.HI/c1-7-19-17(21-13-18(4,5)22-6)20-12-15-8-10-16(11-9-15)23-14(2)3;/h8-11,14H,7,12-13H2,1-6H3,(H2,19,20,21);1H. The monoisotopic (exact) mass is 449 g/mol. The number of aliphatic imine (C=N–C) groups is 1. The molecule has 5 nitrogen and oxygen atoms in total. The van der Waals surface area contributed by atoms with E-state index in [4.69, 9.17) is 9.47 Å². The highest BCUT2D eigenvalue weighted by molar-refractivity contribution is 14.0. The first-order chi connectivity index (χ1) is 10.9. The fourth-order valence-electron chi connectivity index (χ4n) is 1.83. The lowest BCUT2D eigenvalue weighted by Crippen LogP contribution is -2.45. The third-order valence-corrected chi connectivity index (χ3v) is 3.29. The highest BCUT2D eigenvalue weighted by Gasteiger charge is 2.16. The van der Waals surface area contributed by atoms with Gasteiger partial charge in [0.15, 0.2) is 5.96 Å². The topological polar surface area (TPSA) is 54.9 Å². The van der Waals surface area contributed by atoms with E-state index in [2.05, 4.69) is 22.5 Å². The van der Waals surface area contributed by atoms with Crippen molar-refractivity contribution in [1.82, 2.24) is 10.6 Å². The number of methoxy groups -OCH3 is 1. The van der Waals surface area contributed by atoms with Crippen molar-refractivity contribution in [2.24, 2.45) is 4.99 Å². The zero-order valence-corrected chi connectivity index (χ0v) is 18.0.